The molecule has 0 rings (SSSR count). The van der Waals surface area contributed by atoms with E-state index >= 15 is 0 Å². The van der Waals surface area contributed by atoms with Gasteiger partial charge >= 0.3 is 7.82 Å². The highest BCUT2D eigenvalue weighted by Crippen LogP contribution is 2.43. The zero-order valence-electron chi connectivity index (χ0n) is 43.7. The number of rotatable bonds is 51. The third-order valence-electron chi connectivity index (χ3n) is 12.6. The first-order chi connectivity index (χ1) is 31.5. The van der Waals surface area contributed by atoms with Gasteiger partial charge in [0.25, 0.3) is 0 Å². The first kappa shape index (κ1) is 63.7. The largest absolute Gasteiger partial charge is 0.472 e. The summed E-state index contributed by atoms with van der Waals surface area (Å²) in [6.07, 6.45) is 60.4. The summed E-state index contributed by atoms with van der Waals surface area (Å²) in [4.78, 5) is 23.3. The lowest BCUT2D eigenvalue weighted by molar-refractivity contribution is -0.870. The van der Waals surface area contributed by atoms with Gasteiger partial charge in [0.1, 0.15) is 13.2 Å². The van der Waals surface area contributed by atoms with Crippen LogP contribution in [0.4, 0.5) is 0 Å². The molecule has 0 bridgehead atoms. The van der Waals surface area contributed by atoms with Crippen molar-refractivity contribution >= 4 is 13.7 Å². The molecule has 9 heteroatoms. The number of carbonyl (C=O) groups excluding carboxylic acids is 1. The van der Waals surface area contributed by atoms with Crippen molar-refractivity contribution in [3.63, 3.8) is 0 Å². The SMILES string of the molecule is CCCCCCC/C=C\C/C=C\C/C=C\CCCCCCCCCCC(=O)NC(COP(=O)(O)OCC[N+](C)(C)C)C(O)CCCCCCCCCCCCCCCCCCCCCC. The molecule has 384 valence electrons. The Balaban J connectivity index is 4.22. The number of phosphoric acid groups is 1. The predicted octanol–water partition coefficient (Wildman–Crippen LogP) is 16.6. The van der Waals surface area contributed by atoms with E-state index in [1.165, 1.54) is 180 Å². The van der Waals surface area contributed by atoms with Crippen molar-refractivity contribution in [2.45, 2.75) is 276 Å². The minimum Gasteiger partial charge on any atom is -0.391 e. The van der Waals surface area contributed by atoms with Crippen molar-refractivity contribution < 1.29 is 32.9 Å². The van der Waals surface area contributed by atoms with Gasteiger partial charge in [-0.25, -0.2) is 4.57 Å². The van der Waals surface area contributed by atoms with E-state index in [9.17, 15) is 19.4 Å². The molecule has 0 radical (unpaired) electrons. The number of likely N-dealkylation sites (N-methyl/N-ethyl adjacent to an activating group) is 1. The monoisotopic (exact) mass is 938 g/mol. The Labute approximate surface area is 404 Å². The summed E-state index contributed by atoms with van der Waals surface area (Å²) in [5, 5.41) is 14.1. The van der Waals surface area contributed by atoms with Crippen LogP contribution in [0.15, 0.2) is 36.5 Å². The van der Waals surface area contributed by atoms with E-state index in [-0.39, 0.29) is 19.1 Å². The van der Waals surface area contributed by atoms with Crippen molar-refractivity contribution in [1.29, 1.82) is 0 Å². The highest BCUT2D eigenvalue weighted by molar-refractivity contribution is 7.47. The van der Waals surface area contributed by atoms with E-state index in [1.54, 1.807) is 0 Å². The molecule has 3 unspecified atom stereocenters. The molecule has 3 atom stereocenters. The van der Waals surface area contributed by atoms with Crippen LogP contribution in [-0.4, -0.2) is 73.4 Å². The molecular weight excluding hydrogens is 828 g/mol. The first-order valence-electron chi connectivity index (χ1n) is 27.9. The molecular formula is C56H110N2O6P+. The van der Waals surface area contributed by atoms with Gasteiger partial charge in [0.05, 0.1) is 39.9 Å². The number of aliphatic hydroxyl groups is 1. The van der Waals surface area contributed by atoms with Crippen molar-refractivity contribution in [3.05, 3.63) is 36.5 Å². The normalized spacial score (nSPS) is 14.3. The lowest BCUT2D eigenvalue weighted by Gasteiger charge is -2.26. The number of nitrogens with zero attached hydrogens (tertiary/aromatic N) is 1. The highest BCUT2D eigenvalue weighted by Gasteiger charge is 2.28. The standard InChI is InChI=1S/C56H109N2O6P/c1-6-8-10-12-14-16-18-20-22-24-26-28-29-30-32-34-36-38-40-42-44-46-48-50-56(60)57-54(53-64-65(61,62)63-52-51-58(3,4)5)55(59)49-47-45-43-41-39-37-35-33-31-27-25-23-21-19-17-15-13-11-9-7-2/h18,20,24,26,29-30,54-55,59H,6-17,19,21-23,25,27-28,31-53H2,1-5H3,(H-,57,60,61,62)/p+1/b20-18-,26-24-,30-29-. The van der Waals surface area contributed by atoms with Gasteiger partial charge in [-0.1, -0.05) is 243 Å². The number of nitrogens with one attached hydrogen (secondary N) is 1. The fraction of sp³-hybridized carbons (Fsp3) is 0.875. The minimum atomic E-state index is -4.32. The highest BCUT2D eigenvalue weighted by atomic mass is 31.2. The lowest BCUT2D eigenvalue weighted by atomic mass is 10.0. The van der Waals surface area contributed by atoms with Gasteiger partial charge in [-0.2, -0.15) is 0 Å². The lowest BCUT2D eigenvalue weighted by Crippen LogP contribution is -2.46. The maximum absolute atomic E-state index is 13.0. The van der Waals surface area contributed by atoms with Crippen LogP contribution in [0.5, 0.6) is 0 Å². The van der Waals surface area contributed by atoms with E-state index in [0.717, 1.165) is 57.8 Å². The molecule has 3 N–H and O–H groups in total. The van der Waals surface area contributed by atoms with Crippen molar-refractivity contribution in [1.82, 2.24) is 5.32 Å². The van der Waals surface area contributed by atoms with Gasteiger partial charge < -0.3 is 19.8 Å². The number of unbranched alkanes of at least 4 members (excludes halogenated alkanes) is 32. The third kappa shape index (κ3) is 50.4. The Kier molecular flexibility index (Phi) is 46.8. The average molecular weight is 938 g/mol. The summed E-state index contributed by atoms with van der Waals surface area (Å²) < 4.78 is 23.8. The van der Waals surface area contributed by atoms with Crippen LogP contribution in [0, 0.1) is 0 Å². The second-order valence-electron chi connectivity index (χ2n) is 20.3. The van der Waals surface area contributed by atoms with Crippen molar-refractivity contribution in [2.24, 2.45) is 0 Å². The minimum absolute atomic E-state index is 0.0730. The average Bonchev–Trinajstić information content (AvgIpc) is 3.26. The van der Waals surface area contributed by atoms with Crippen molar-refractivity contribution in [3.8, 4) is 0 Å². The molecule has 0 heterocycles. The van der Waals surface area contributed by atoms with E-state index in [1.807, 2.05) is 21.1 Å². The van der Waals surface area contributed by atoms with Crippen LogP contribution in [0.1, 0.15) is 264 Å². The summed E-state index contributed by atoms with van der Waals surface area (Å²) >= 11 is 0. The second-order valence-corrected chi connectivity index (χ2v) is 21.8. The Morgan fingerprint density at radius 2 is 0.877 bits per heavy atom. The van der Waals surface area contributed by atoms with Crippen LogP contribution in [-0.2, 0) is 18.4 Å². The Morgan fingerprint density at radius 3 is 1.28 bits per heavy atom. The molecule has 0 aromatic rings. The summed E-state index contributed by atoms with van der Waals surface area (Å²) in [6.45, 7) is 4.90. The van der Waals surface area contributed by atoms with E-state index in [2.05, 4.69) is 55.6 Å². The van der Waals surface area contributed by atoms with Gasteiger partial charge in [-0.3, -0.25) is 13.8 Å². The third-order valence-corrected chi connectivity index (χ3v) is 13.6. The molecule has 0 aromatic carbocycles. The van der Waals surface area contributed by atoms with Gasteiger partial charge in [-0.15, -0.1) is 0 Å². The molecule has 0 aliphatic carbocycles. The Morgan fingerprint density at radius 1 is 0.523 bits per heavy atom. The molecule has 0 fully saturated rings. The molecule has 8 nitrogen and oxygen atoms in total. The molecule has 0 saturated heterocycles. The van der Waals surface area contributed by atoms with Crippen LogP contribution < -0.4 is 5.32 Å². The van der Waals surface area contributed by atoms with E-state index in [0.29, 0.717) is 23.9 Å². The van der Waals surface area contributed by atoms with Crippen LogP contribution in [0.3, 0.4) is 0 Å². The number of carbonyl (C=O) groups is 1. The molecule has 0 spiro atoms. The van der Waals surface area contributed by atoms with E-state index in [4.69, 9.17) is 9.05 Å². The smallest absolute Gasteiger partial charge is 0.391 e. The zero-order chi connectivity index (χ0) is 47.8. The van der Waals surface area contributed by atoms with E-state index < -0.39 is 20.0 Å². The van der Waals surface area contributed by atoms with Crippen LogP contribution >= 0.6 is 7.82 Å². The number of hydrogen-bond donors (Lipinski definition) is 3. The first-order valence-corrected chi connectivity index (χ1v) is 29.3. The fourth-order valence-electron chi connectivity index (χ4n) is 8.23. The number of amides is 1. The van der Waals surface area contributed by atoms with Gasteiger partial charge in [0, 0.05) is 6.42 Å². The van der Waals surface area contributed by atoms with Crippen molar-refractivity contribution in [2.75, 3.05) is 40.9 Å². The predicted molar refractivity (Wildman–Crippen MR) is 281 cm³/mol. The molecule has 1 amide bonds. The molecule has 0 aliphatic rings. The number of phosphoric ester groups is 1. The number of hydrogen-bond acceptors (Lipinski definition) is 5. The van der Waals surface area contributed by atoms with Crippen LogP contribution in [0.2, 0.25) is 0 Å². The number of quaternary nitrogens is 1. The Bertz CT molecular complexity index is 1150. The quantitative estimate of drug-likeness (QED) is 0.0243. The maximum Gasteiger partial charge on any atom is 0.472 e. The zero-order valence-corrected chi connectivity index (χ0v) is 44.6. The number of allylic oxidation sites excluding steroid dienone is 6. The van der Waals surface area contributed by atoms with Gasteiger partial charge in [0.15, 0.2) is 0 Å². The summed E-state index contributed by atoms with van der Waals surface area (Å²) in [5.74, 6) is -0.149. The Hall–Kier alpha value is -1.28. The van der Waals surface area contributed by atoms with Gasteiger partial charge in [0.2, 0.25) is 5.91 Å². The van der Waals surface area contributed by atoms with Gasteiger partial charge in [-0.05, 0) is 51.4 Å². The topological polar surface area (TPSA) is 105 Å². The van der Waals surface area contributed by atoms with Crippen LogP contribution in [0.25, 0.3) is 0 Å². The fourth-order valence-corrected chi connectivity index (χ4v) is 8.97. The molecule has 65 heavy (non-hydrogen) atoms. The summed E-state index contributed by atoms with van der Waals surface area (Å²) in [7, 11) is 1.61. The maximum atomic E-state index is 13.0. The molecule has 0 aromatic heterocycles. The second kappa shape index (κ2) is 47.8. The summed E-state index contributed by atoms with van der Waals surface area (Å²) in [5.41, 5.74) is 0. The molecule has 0 aliphatic heterocycles. The summed E-state index contributed by atoms with van der Waals surface area (Å²) in [6, 6.07) is -0.765. The number of aliphatic hydroxyl groups excluding tert-OH is 1. The molecule has 0 saturated carbocycles.